The number of para-hydroxylation sites is 2. The number of hydrogen-bond donors (Lipinski definition) is 2. The van der Waals surface area contributed by atoms with Crippen LogP contribution in [0.5, 0.6) is 11.5 Å². The molecule has 0 aromatic heterocycles. The molecule has 1 aliphatic heterocycles. The van der Waals surface area contributed by atoms with Gasteiger partial charge < -0.3 is 4.74 Å². The molecule has 0 aliphatic carbocycles. The lowest BCUT2D eigenvalue weighted by atomic mass is 10.1. The van der Waals surface area contributed by atoms with Crippen LogP contribution in [0, 0.1) is 23.3 Å². The Morgan fingerprint density at radius 1 is 1.00 bits per heavy atom. The number of halogens is 4. The van der Waals surface area contributed by atoms with E-state index < -0.39 is 53.1 Å². The quantitative estimate of drug-likeness (QED) is 0.324. The summed E-state index contributed by atoms with van der Waals surface area (Å²) in [5.74, 6) is -8.95. The third-order valence-electron chi connectivity index (χ3n) is 3.59. The van der Waals surface area contributed by atoms with Crippen LogP contribution in [0.2, 0.25) is 0 Å². The van der Waals surface area contributed by atoms with Gasteiger partial charge in [0.05, 0.1) is 17.8 Å². The Labute approximate surface area is 144 Å². The SMILES string of the molecule is CC(=O)NNC(=O)N1Cc2c(F)c(F)c(F)c(F)c2Oc2ccccc21. The van der Waals surface area contributed by atoms with Gasteiger partial charge in [-0.05, 0) is 12.1 Å². The number of carbonyl (C=O) groups excluding carboxylic acids is 2. The average molecular weight is 369 g/mol. The van der Waals surface area contributed by atoms with Crippen LogP contribution in [0.15, 0.2) is 24.3 Å². The third-order valence-corrected chi connectivity index (χ3v) is 3.59. The predicted octanol–water partition coefficient (Wildman–Crippen LogP) is 3.12. The van der Waals surface area contributed by atoms with Gasteiger partial charge >= 0.3 is 6.03 Å². The van der Waals surface area contributed by atoms with Crippen LogP contribution in [-0.4, -0.2) is 11.9 Å². The van der Waals surface area contributed by atoms with Gasteiger partial charge in [0.1, 0.15) is 0 Å². The molecule has 6 nitrogen and oxygen atoms in total. The van der Waals surface area contributed by atoms with Crippen molar-refractivity contribution in [2.24, 2.45) is 0 Å². The summed E-state index contributed by atoms with van der Waals surface area (Å²) in [7, 11) is 0. The highest BCUT2D eigenvalue weighted by molar-refractivity contribution is 5.95. The standard InChI is InChI=1S/C16H11F4N3O3/c1-7(24)21-22-16(25)23-6-8-11(17)12(18)13(19)14(20)15(8)26-10-5-3-2-4-9(10)23/h2-5H,6H2,1H3,(H,21,24)(H,22,25). The maximum atomic E-state index is 14.2. The van der Waals surface area contributed by atoms with Gasteiger partial charge in [0.25, 0.3) is 0 Å². The second-order valence-corrected chi connectivity index (χ2v) is 5.33. The van der Waals surface area contributed by atoms with E-state index in [4.69, 9.17) is 4.74 Å². The van der Waals surface area contributed by atoms with E-state index in [1.165, 1.54) is 24.3 Å². The lowest BCUT2D eigenvalue weighted by Gasteiger charge is -2.22. The fourth-order valence-electron chi connectivity index (χ4n) is 2.41. The molecule has 2 N–H and O–H groups in total. The first kappa shape index (κ1) is 17.5. The van der Waals surface area contributed by atoms with Gasteiger partial charge in [-0.1, -0.05) is 12.1 Å². The molecule has 3 rings (SSSR count). The van der Waals surface area contributed by atoms with Crippen molar-refractivity contribution in [2.45, 2.75) is 13.5 Å². The zero-order valence-electron chi connectivity index (χ0n) is 13.2. The molecular formula is C16H11F4N3O3. The highest BCUT2D eigenvalue weighted by atomic mass is 19.2. The van der Waals surface area contributed by atoms with Crippen LogP contribution in [0.1, 0.15) is 12.5 Å². The van der Waals surface area contributed by atoms with Crippen LogP contribution >= 0.6 is 0 Å². The summed E-state index contributed by atoms with van der Waals surface area (Å²) < 4.78 is 60.7. The van der Waals surface area contributed by atoms with Crippen LogP contribution in [0.4, 0.5) is 28.0 Å². The number of ether oxygens (including phenoxy) is 1. The minimum absolute atomic E-state index is 0.0752. The number of benzene rings is 2. The molecule has 0 saturated carbocycles. The van der Waals surface area contributed by atoms with E-state index >= 15 is 0 Å². The lowest BCUT2D eigenvalue weighted by Crippen LogP contribution is -2.48. The molecule has 0 bridgehead atoms. The molecule has 2 aromatic carbocycles. The summed E-state index contributed by atoms with van der Waals surface area (Å²) in [6.07, 6.45) is 0. The second kappa shape index (κ2) is 6.54. The Morgan fingerprint density at radius 3 is 2.35 bits per heavy atom. The molecule has 1 aliphatic rings. The van der Waals surface area contributed by atoms with E-state index in [1.54, 1.807) is 0 Å². The molecule has 26 heavy (non-hydrogen) atoms. The van der Waals surface area contributed by atoms with E-state index in [-0.39, 0.29) is 11.4 Å². The largest absolute Gasteiger partial charge is 0.451 e. The number of rotatable bonds is 0. The zero-order valence-corrected chi connectivity index (χ0v) is 13.2. The fourth-order valence-corrected chi connectivity index (χ4v) is 2.41. The van der Waals surface area contributed by atoms with E-state index in [0.29, 0.717) is 0 Å². The number of anilines is 1. The Hall–Kier alpha value is -3.30. The van der Waals surface area contributed by atoms with E-state index in [0.717, 1.165) is 11.8 Å². The molecule has 0 unspecified atom stereocenters. The van der Waals surface area contributed by atoms with Crippen molar-refractivity contribution in [1.29, 1.82) is 0 Å². The number of carbonyl (C=O) groups is 2. The minimum atomic E-state index is -2.02. The number of fused-ring (bicyclic) bond motifs is 2. The second-order valence-electron chi connectivity index (χ2n) is 5.33. The molecule has 10 heteroatoms. The van der Waals surface area contributed by atoms with Crippen molar-refractivity contribution in [3.05, 3.63) is 53.1 Å². The summed E-state index contributed by atoms with van der Waals surface area (Å²) in [6, 6.07) is 4.82. The molecule has 0 radical (unpaired) electrons. The van der Waals surface area contributed by atoms with Gasteiger partial charge in [-0.15, -0.1) is 0 Å². The van der Waals surface area contributed by atoms with Gasteiger partial charge in [0.15, 0.2) is 23.1 Å². The normalized spacial score (nSPS) is 12.4. The molecule has 0 spiro atoms. The molecule has 0 atom stereocenters. The lowest BCUT2D eigenvalue weighted by molar-refractivity contribution is -0.119. The smallest absolute Gasteiger partial charge is 0.341 e. The van der Waals surface area contributed by atoms with Crippen molar-refractivity contribution >= 4 is 17.6 Å². The van der Waals surface area contributed by atoms with E-state index in [9.17, 15) is 27.2 Å². The number of nitrogens with zero attached hydrogens (tertiary/aromatic N) is 1. The summed E-state index contributed by atoms with van der Waals surface area (Å²) >= 11 is 0. The number of urea groups is 1. The first-order valence-corrected chi connectivity index (χ1v) is 7.27. The minimum Gasteiger partial charge on any atom is -0.451 e. The van der Waals surface area contributed by atoms with Gasteiger partial charge in [-0.3, -0.25) is 15.1 Å². The molecule has 136 valence electrons. The van der Waals surface area contributed by atoms with Gasteiger partial charge in [-0.2, -0.15) is 4.39 Å². The monoisotopic (exact) mass is 369 g/mol. The Bertz CT molecular complexity index is 920. The summed E-state index contributed by atoms with van der Waals surface area (Å²) in [6.45, 7) is 0.472. The molecule has 1 heterocycles. The van der Waals surface area contributed by atoms with E-state index in [1.807, 2.05) is 5.43 Å². The maximum absolute atomic E-state index is 14.2. The van der Waals surface area contributed by atoms with Crippen LogP contribution in [-0.2, 0) is 11.3 Å². The predicted molar refractivity (Wildman–Crippen MR) is 81.3 cm³/mol. The molecule has 0 fully saturated rings. The van der Waals surface area contributed by atoms with Crippen molar-refractivity contribution in [3.63, 3.8) is 0 Å². The Morgan fingerprint density at radius 2 is 1.65 bits per heavy atom. The van der Waals surface area contributed by atoms with Gasteiger partial charge in [0.2, 0.25) is 17.5 Å². The Kier molecular flexibility index (Phi) is 4.41. The number of hydrogen-bond acceptors (Lipinski definition) is 3. The van der Waals surface area contributed by atoms with Gasteiger partial charge in [0, 0.05) is 6.92 Å². The highest BCUT2D eigenvalue weighted by Gasteiger charge is 2.33. The molecule has 0 saturated heterocycles. The maximum Gasteiger partial charge on any atom is 0.341 e. The molecule has 3 amide bonds. The van der Waals surface area contributed by atoms with E-state index in [2.05, 4.69) is 5.43 Å². The summed E-state index contributed by atoms with van der Waals surface area (Å²) in [4.78, 5) is 24.2. The van der Waals surface area contributed by atoms with Crippen molar-refractivity contribution in [3.8, 4) is 11.5 Å². The van der Waals surface area contributed by atoms with Crippen molar-refractivity contribution < 1.29 is 31.9 Å². The zero-order chi connectivity index (χ0) is 19.0. The summed E-state index contributed by atoms with van der Waals surface area (Å²) in [5, 5.41) is 0. The average Bonchev–Trinajstić information content (AvgIpc) is 2.80. The van der Waals surface area contributed by atoms with Crippen LogP contribution < -0.4 is 20.5 Å². The van der Waals surface area contributed by atoms with Gasteiger partial charge in [-0.25, -0.2) is 23.4 Å². The van der Waals surface area contributed by atoms with Crippen molar-refractivity contribution in [1.82, 2.24) is 10.9 Å². The third kappa shape index (κ3) is 2.89. The number of hydrazine groups is 1. The fraction of sp³-hybridized carbons (Fsp3) is 0.125. The molecule has 2 aromatic rings. The Balaban J connectivity index is 2.14. The van der Waals surface area contributed by atoms with Crippen molar-refractivity contribution in [2.75, 3.05) is 4.90 Å². The summed E-state index contributed by atoms with van der Waals surface area (Å²) in [5.41, 5.74) is 3.49. The molecular weight excluding hydrogens is 358 g/mol. The highest BCUT2D eigenvalue weighted by Crippen LogP contribution is 2.42. The number of nitrogens with one attached hydrogen (secondary N) is 2. The van der Waals surface area contributed by atoms with Crippen LogP contribution in [0.25, 0.3) is 0 Å². The topological polar surface area (TPSA) is 70.7 Å². The first-order chi connectivity index (χ1) is 12.3. The number of amides is 3. The van der Waals surface area contributed by atoms with Crippen LogP contribution in [0.3, 0.4) is 0 Å². The first-order valence-electron chi connectivity index (χ1n) is 7.27.